The van der Waals surface area contributed by atoms with E-state index in [1.165, 1.54) is 36.4 Å². The smallest absolute Gasteiger partial charge is 0.335 e. The van der Waals surface area contributed by atoms with Crippen LogP contribution in [0.25, 0.3) is 98.0 Å². The van der Waals surface area contributed by atoms with Crippen molar-refractivity contribution in [1.82, 2.24) is 0 Å². The predicted octanol–water partition coefficient (Wildman–Crippen LogP) is 8.85. The molecule has 0 saturated heterocycles. The lowest BCUT2D eigenvalue weighted by molar-refractivity contribution is -0.271. The summed E-state index contributed by atoms with van der Waals surface area (Å²) in [6.07, 6.45) is 0. The van der Waals surface area contributed by atoms with Crippen LogP contribution in [-0.2, 0) is 0 Å². The van der Waals surface area contributed by atoms with Crippen LogP contribution in [0, 0.1) is 0 Å². The molecule has 0 aromatic heterocycles. The van der Waals surface area contributed by atoms with E-state index in [-0.39, 0.29) is 68.1 Å². The van der Waals surface area contributed by atoms with Gasteiger partial charge in [0.2, 0.25) is 0 Å². The molecule has 0 bridgehead atoms. The molecule has 0 heterocycles. The minimum absolute atomic E-state index is 0. The van der Waals surface area contributed by atoms with Crippen molar-refractivity contribution in [1.29, 1.82) is 0 Å². The van der Waals surface area contributed by atoms with Gasteiger partial charge >= 0.3 is 35.8 Å². The van der Waals surface area contributed by atoms with Crippen molar-refractivity contribution < 1.29 is 90.0 Å². The Morgan fingerprint density at radius 1 is 0.221 bits per heavy atom. The summed E-state index contributed by atoms with van der Waals surface area (Å²) in [5.74, 6) is -13.4. The van der Waals surface area contributed by atoms with Crippen molar-refractivity contribution in [3.63, 3.8) is 0 Å². The number of carboxylic acids is 6. The molecule has 12 aromatic rings. The number of hydrogen-bond acceptors (Lipinski definition) is 12. The molecule has 0 unspecified atom stereocenters. The minimum Gasteiger partial charge on any atom is -0.871 e. The molecule has 6 radical (unpaired) electrons. The highest BCUT2D eigenvalue weighted by atomic mass is 27.0. The standard InChI is InChI=1S/3C22H14O6.2Al/c3*23-19-15(21(25)26)9-11-5-1-3-7-13(11)17(19)18-14-8-4-2-6-12(14)10-16(20(18)24)22(27)28;;/h3*1-10,23-24H,(H,25,26)(H,27,28);;/p-6. The third-order valence-corrected chi connectivity index (χ3v) is 14.1. The van der Waals surface area contributed by atoms with Crippen LogP contribution in [-0.4, -0.2) is 101 Å². The summed E-state index contributed by atoms with van der Waals surface area (Å²) >= 11 is 0. The van der Waals surface area contributed by atoms with Gasteiger partial charge in [0.15, 0.2) is 0 Å². The number of carbonyl (C=O) groups is 6. The maximum Gasteiger partial charge on any atom is 0.335 e. The van der Waals surface area contributed by atoms with Crippen LogP contribution in [0.2, 0.25) is 0 Å². The van der Waals surface area contributed by atoms with E-state index in [1.807, 2.05) is 0 Å². The first-order valence-corrected chi connectivity index (χ1v) is 25.0. The highest BCUT2D eigenvalue weighted by Gasteiger charge is 2.23. The molecule has 0 spiro atoms. The van der Waals surface area contributed by atoms with Crippen molar-refractivity contribution in [2.45, 2.75) is 0 Å². The maximum atomic E-state index is 13.0. The van der Waals surface area contributed by atoms with Gasteiger partial charge < -0.3 is 61.3 Å². The van der Waals surface area contributed by atoms with E-state index in [0.717, 1.165) is 0 Å². The molecular formula is C66H36Al2O18-6. The first-order chi connectivity index (χ1) is 40.2. The van der Waals surface area contributed by atoms with E-state index in [0.29, 0.717) is 64.6 Å². The molecule has 420 valence electrons. The second-order valence-electron chi connectivity index (χ2n) is 18.9. The summed E-state index contributed by atoms with van der Waals surface area (Å²) in [6.45, 7) is 0. The lowest BCUT2D eigenvalue weighted by atomic mass is 9.89. The van der Waals surface area contributed by atoms with Crippen molar-refractivity contribution in [2.75, 3.05) is 0 Å². The Morgan fingerprint density at radius 2 is 0.337 bits per heavy atom. The molecule has 0 aliphatic carbocycles. The fourth-order valence-corrected chi connectivity index (χ4v) is 10.4. The number of aromatic carboxylic acids is 6. The van der Waals surface area contributed by atoms with E-state index in [1.54, 1.807) is 146 Å². The van der Waals surface area contributed by atoms with Gasteiger partial charge in [-0.3, -0.25) is 0 Å². The van der Waals surface area contributed by atoms with Crippen molar-refractivity contribution in [3.05, 3.63) is 215 Å². The quantitative estimate of drug-likeness (QED) is 0.0734. The Hall–Kier alpha value is -11.1. The summed E-state index contributed by atoms with van der Waals surface area (Å²) in [6, 6.07) is 47.2. The molecule has 12 rings (SSSR count). The van der Waals surface area contributed by atoms with Crippen molar-refractivity contribution in [2.24, 2.45) is 0 Å². The largest absolute Gasteiger partial charge is 0.871 e. The lowest BCUT2D eigenvalue weighted by Crippen LogP contribution is -2.10. The van der Waals surface area contributed by atoms with Crippen LogP contribution in [0.3, 0.4) is 0 Å². The van der Waals surface area contributed by atoms with E-state index >= 15 is 0 Å². The normalized spacial score (nSPS) is 10.7. The molecule has 0 saturated carbocycles. The Kier molecular flexibility index (Phi) is 17.3. The van der Waals surface area contributed by atoms with Crippen LogP contribution in [0.1, 0.15) is 62.1 Å². The van der Waals surface area contributed by atoms with Gasteiger partial charge in [0, 0.05) is 34.7 Å². The molecule has 6 N–H and O–H groups in total. The van der Waals surface area contributed by atoms with E-state index in [2.05, 4.69) is 0 Å². The molecule has 12 aromatic carbocycles. The number of carboxylic acid groups (broad SMARTS) is 6. The zero-order valence-electron chi connectivity index (χ0n) is 44.1. The van der Waals surface area contributed by atoms with Gasteiger partial charge in [-0.05, 0) is 134 Å². The molecular weight excluding hydrogens is 1130 g/mol. The Bertz CT molecular complexity index is 4060. The van der Waals surface area contributed by atoms with Gasteiger partial charge in [0.25, 0.3) is 0 Å². The van der Waals surface area contributed by atoms with Gasteiger partial charge in [0.05, 0.1) is 33.4 Å². The highest BCUT2D eigenvalue weighted by Crippen LogP contribution is 2.49. The molecule has 0 aliphatic heterocycles. The first kappa shape index (κ1) is 61.0. The summed E-state index contributed by atoms with van der Waals surface area (Å²) in [5.41, 5.74) is -3.43. The summed E-state index contributed by atoms with van der Waals surface area (Å²) in [4.78, 5) is 69.6. The average molecular weight is 1170 g/mol. The highest BCUT2D eigenvalue weighted by molar-refractivity contribution is 6.18. The van der Waals surface area contributed by atoms with Crippen LogP contribution >= 0.6 is 0 Å². The number of rotatable bonds is 9. The van der Waals surface area contributed by atoms with Crippen LogP contribution < -0.4 is 30.6 Å². The second kappa shape index (κ2) is 24.4. The van der Waals surface area contributed by atoms with Gasteiger partial charge in [-0.1, -0.05) is 180 Å². The maximum absolute atomic E-state index is 13.0. The number of fused-ring (bicyclic) bond motifs is 6. The molecule has 18 nitrogen and oxygen atoms in total. The molecule has 0 fully saturated rings. The third kappa shape index (κ3) is 10.8. The fraction of sp³-hybridized carbons (Fsp3) is 0. The Labute approximate surface area is 505 Å². The van der Waals surface area contributed by atoms with Gasteiger partial charge in [0.1, 0.15) is 0 Å². The van der Waals surface area contributed by atoms with Crippen molar-refractivity contribution >= 4 is 135 Å². The molecule has 86 heavy (non-hydrogen) atoms. The monoisotopic (exact) mass is 1170 g/mol. The van der Waals surface area contributed by atoms with E-state index in [9.17, 15) is 90.0 Å². The van der Waals surface area contributed by atoms with E-state index in [4.69, 9.17) is 0 Å². The summed E-state index contributed by atoms with van der Waals surface area (Å²) < 4.78 is 0. The topological polar surface area (TPSA) is 362 Å². The SMILES string of the molecule is O=C(O)c1cc2ccccc2c(-c2c([O-])c(C(=O)O)cc3ccccc23)c1[O-].O=C(O)c1cc2ccccc2c(-c2c([O-])c(C(=O)O)cc3ccccc23)c1[O-].O=C(O)c1cc2ccccc2c(-c2c([O-])c(C(=O)O)cc3ccccc23)c1[O-].[Al].[Al]. The predicted molar refractivity (Wildman–Crippen MR) is 311 cm³/mol. The molecule has 20 heteroatoms. The van der Waals surface area contributed by atoms with Crippen LogP contribution in [0.5, 0.6) is 34.5 Å². The Balaban J connectivity index is 0.000000166. The number of hydrogen-bond donors (Lipinski definition) is 6. The molecule has 0 atom stereocenters. The van der Waals surface area contributed by atoms with Crippen LogP contribution in [0.4, 0.5) is 0 Å². The third-order valence-electron chi connectivity index (χ3n) is 14.1. The lowest BCUT2D eigenvalue weighted by Gasteiger charge is -2.26. The minimum atomic E-state index is -1.41. The first-order valence-electron chi connectivity index (χ1n) is 25.0. The van der Waals surface area contributed by atoms with Crippen molar-refractivity contribution in [3.8, 4) is 67.9 Å². The van der Waals surface area contributed by atoms with Gasteiger partial charge in [-0.2, -0.15) is 0 Å². The second-order valence-corrected chi connectivity index (χ2v) is 18.9. The average Bonchev–Trinajstić information content (AvgIpc) is 0.896. The molecule has 0 amide bonds. The number of benzene rings is 12. The summed E-state index contributed by atoms with van der Waals surface area (Å²) in [5, 5.41) is 140. The Morgan fingerprint density at radius 3 is 0.453 bits per heavy atom. The van der Waals surface area contributed by atoms with Gasteiger partial charge in [-0.25, -0.2) is 28.8 Å². The zero-order chi connectivity index (χ0) is 60.0. The summed E-state index contributed by atoms with van der Waals surface area (Å²) in [7, 11) is 0. The fourth-order valence-electron chi connectivity index (χ4n) is 10.4. The van der Waals surface area contributed by atoms with Gasteiger partial charge in [-0.15, -0.1) is 0 Å². The molecule has 0 aliphatic rings. The van der Waals surface area contributed by atoms with Crippen LogP contribution in [0.15, 0.2) is 182 Å². The van der Waals surface area contributed by atoms with E-state index < -0.39 is 104 Å². The zero-order valence-corrected chi connectivity index (χ0v) is 46.4.